The van der Waals surface area contributed by atoms with Crippen LogP contribution in [0.3, 0.4) is 0 Å². The van der Waals surface area contributed by atoms with Crippen LogP contribution in [0.25, 0.3) is 0 Å². The van der Waals surface area contributed by atoms with Crippen LogP contribution < -0.4 is 0 Å². The van der Waals surface area contributed by atoms with Gasteiger partial charge in [-0.3, -0.25) is 0 Å². The molecule has 1 N–H and O–H groups in total. The molecule has 0 heterocycles. The van der Waals surface area contributed by atoms with Crippen molar-refractivity contribution in [2.75, 3.05) is 0 Å². The minimum Gasteiger partial charge on any atom is -0.481 e. The van der Waals surface area contributed by atoms with Crippen LogP contribution in [0.15, 0.2) is 11.5 Å². The van der Waals surface area contributed by atoms with Crippen LogP contribution in [-0.2, 0) is 30.9 Å². The quantitative estimate of drug-likeness (QED) is 0.725. The van der Waals surface area contributed by atoms with E-state index in [2.05, 4.69) is 0 Å². The summed E-state index contributed by atoms with van der Waals surface area (Å²) < 4.78 is 4.95. The fraction of sp³-hybridized carbons (Fsp3) is 0.714. The van der Waals surface area contributed by atoms with Gasteiger partial charge in [0, 0.05) is 31.8 Å². The molecule has 0 bridgehead atoms. The molecule has 0 aromatic heterocycles. The minimum absolute atomic E-state index is 0. The monoisotopic (exact) mass is 220 g/mol. The molecule has 0 radical (unpaired) electrons. The molecular formula is C7H14O2Zr. The maximum Gasteiger partial charge on any atom is 0.275 e. The molecule has 0 aliphatic carbocycles. The van der Waals surface area contributed by atoms with E-state index in [0.29, 0.717) is 0 Å². The van der Waals surface area contributed by atoms with E-state index in [1.165, 1.54) is 0 Å². The third kappa shape index (κ3) is 6.34. The summed E-state index contributed by atoms with van der Waals surface area (Å²) in [4.78, 5) is 0. The van der Waals surface area contributed by atoms with Gasteiger partial charge in [0.05, 0.1) is 6.10 Å². The smallest absolute Gasteiger partial charge is 0.275 e. The van der Waals surface area contributed by atoms with Gasteiger partial charge >= 0.3 is 0 Å². The van der Waals surface area contributed by atoms with E-state index < -0.39 is 0 Å². The summed E-state index contributed by atoms with van der Waals surface area (Å²) in [7, 11) is 0. The Balaban J connectivity index is 0. The van der Waals surface area contributed by atoms with Gasteiger partial charge in [0.2, 0.25) is 0 Å². The molecule has 0 aliphatic rings. The van der Waals surface area contributed by atoms with E-state index in [0.717, 1.165) is 5.57 Å². The number of hydrogen-bond donors (Lipinski definition) is 1. The zero-order chi connectivity index (χ0) is 7.44. The molecule has 0 atom stereocenters. The largest absolute Gasteiger partial charge is 0.481 e. The van der Waals surface area contributed by atoms with Crippen molar-refractivity contribution in [2.45, 2.75) is 33.8 Å². The molecule has 0 rings (SSSR count). The third-order valence-corrected chi connectivity index (χ3v) is 0.775. The molecule has 0 aromatic rings. The standard InChI is InChI=1S/C7H14O2.Zr/c1-5(2)7(8)9-6(3)4;/h6,8H,1-4H3;. The summed E-state index contributed by atoms with van der Waals surface area (Å²) in [6.45, 7) is 7.35. The predicted molar refractivity (Wildman–Crippen MR) is 37.2 cm³/mol. The van der Waals surface area contributed by atoms with Crippen molar-refractivity contribution >= 4 is 0 Å². The summed E-state index contributed by atoms with van der Waals surface area (Å²) in [6.07, 6.45) is 0.0555. The average Bonchev–Trinajstić information content (AvgIpc) is 1.63. The maximum atomic E-state index is 8.95. The maximum absolute atomic E-state index is 8.95. The topological polar surface area (TPSA) is 29.5 Å². The Bertz CT molecular complexity index is 115. The van der Waals surface area contributed by atoms with Gasteiger partial charge in [0.25, 0.3) is 5.95 Å². The summed E-state index contributed by atoms with van der Waals surface area (Å²) in [5, 5.41) is 8.95. The van der Waals surface area contributed by atoms with Crippen LogP contribution in [0.5, 0.6) is 0 Å². The van der Waals surface area contributed by atoms with Crippen LogP contribution >= 0.6 is 0 Å². The fourth-order valence-corrected chi connectivity index (χ4v) is 0.341. The Kier molecular flexibility index (Phi) is 7.67. The molecule has 3 heteroatoms. The zero-order valence-electron chi connectivity index (χ0n) is 6.93. The minimum atomic E-state index is 0. The van der Waals surface area contributed by atoms with Crippen molar-refractivity contribution in [2.24, 2.45) is 0 Å². The second-order valence-electron chi connectivity index (χ2n) is 2.47. The number of aliphatic hydroxyl groups excluding tert-OH is 1. The Labute approximate surface area is 81.4 Å². The first-order chi connectivity index (χ1) is 4.04. The zero-order valence-corrected chi connectivity index (χ0v) is 9.39. The molecule has 0 aromatic carbocycles. The third-order valence-electron chi connectivity index (χ3n) is 0.775. The SMILES string of the molecule is CC(C)=C(O)OC(C)C.[Zr]. The Morgan fingerprint density at radius 1 is 1.30 bits per heavy atom. The predicted octanol–water partition coefficient (Wildman–Crippen LogP) is 2.22. The first-order valence-corrected chi connectivity index (χ1v) is 3.07. The van der Waals surface area contributed by atoms with Crippen LogP contribution in [0, 0.1) is 0 Å². The molecule has 0 saturated carbocycles. The molecule has 0 saturated heterocycles. The van der Waals surface area contributed by atoms with Gasteiger partial charge in [0.15, 0.2) is 0 Å². The number of ether oxygens (including phenoxy) is 1. The molecule has 0 aliphatic heterocycles. The summed E-state index contributed by atoms with van der Waals surface area (Å²) in [5.41, 5.74) is 0.809. The summed E-state index contributed by atoms with van der Waals surface area (Å²) >= 11 is 0. The first-order valence-electron chi connectivity index (χ1n) is 3.07. The van der Waals surface area contributed by atoms with Crippen molar-refractivity contribution in [3.63, 3.8) is 0 Å². The van der Waals surface area contributed by atoms with Crippen LogP contribution in [0.1, 0.15) is 27.7 Å². The molecule has 0 amide bonds. The van der Waals surface area contributed by atoms with Gasteiger partial charge in [-0.05, 0) is 27.7 Å². The summed E-state index contributed by atoms with van der Waals surface area (Å²) in [6, 6.07) is 0. The van der Waals surface area contributed by atoms with Crippen LogP contribution in [0.4, 0.5) is 0 Å². The van der Waals surface area contributed by atoms with E-state index >= 15 is 0 Å². The van der Waals surface area contributed by atoms with E-state index in [1.54, 1.807) is 13.8 Å². The molecule has 10 heavy (non-hydrogen) atoms. The molecule has 0 fully saturated rings. The van der Waals surface area contributed by atoms with E-state index in [4.69, 9.17) is 9.84 Å². The summed E-state index contributed by atoms with van der Waals surface area (Å²) in [5.74, 6) is 0.0463. The van der Waals surface area contributed by atoms with Crippen LogP contribution in [-0.4, -0.2) is 11.2 Å². The van der Waals surface area contributed by atoms with Crippen molar-refractivity contribution in [3.05, 3.63) is 11.5 Å². The van der Waals surface area contributed by atoms with Crippen molar-refractivity contribution in [1.82, 2.24) is 0 Å². The molecular weight excluding hydrogens is 207 g/mol. The molecule has 0 unspecified atom stereocenters. The molecule has 0 spiro atoms. The average molecular weight is 221 g/mol. The second-order valence-corrected chi connectivity index (χ2v) is 2.47. The van der Waals surface area contributed by atoms with Crippen molar-refractivity contribution < 1.29 is 36.0 Å². The van der Waals surface area contributed by atoms with Gasteiger partial charge in [-0.25, -0.2) is 0 Å². The Morgan fingerprint density at radius 3 is 1.80 bits per heavy atom. The number of rotatable bonds is 2. The Morgan fingerprint density at radius 2 is 1.70 bits per heavy atom. The second kappa shape index (κ2) is 5.97. The van der Waals surface area contributed by atoms with E-state index in [-0.39, 0.29) is 38.3 Å². The first kappa shape index (κ1) is 12.9. The van der Waals surface area contributed by atoms with Crippen molar-refractivity contribution in [3.8, 4) is 0 Å². The molecule has 58 valence electrons. The van der Waals surface area contributed by atoms with E-state index in [9.17, 15) is 0 Å². The number of allylic oxidation sites excluding steroid dienone is 1. The van der Waals surface area contributed by atoms with E-state index in [1.807, 2.05) is 13.8 Å². The van der Waals surface area contributed by atoms with Gasteiger partial charge < -0.3 is 9.84 Å². The van der Waals surface area contributed by atoms with Gasteiger partial charge in [0.1, 0.15) is 0 Å². The number of aliphatic hydroxyl groups is 1. The van der Waals surface area contributed by atoms with Crippen molar-refractivity contribution in [1.29, 1.82) is 0 Å². The Hall–Kier alpha value is 0.223. The van der Waals surface area contributed by atoms with Gasteiger partial charge in [-0.15, -0.1) is 0 Å². The van der Waals surface area contributed by atoms with Crippen LogP contribution in [0.2, 0.25) is 0 Å². The normalized spacial score (nSPS) is 8.50. The van der Waals surface area contributed by atoms with Gasteiger partial charge in [-0.2, -0.15) is 0 Å². The fourth-order valence-electron chi connectivity index (χ4n) is 0.341. The number of hydrogen-bond acceptors (Lipinski definition) is 2. The molecule has 2 nitrogen and oxygen atoms in total. The van der Waals surface area contributed by atoms with Gasteiger partial charge in [-0.1, -0.05) is 0 Å².